The lowest BCUT2D eigenvalue weighted by molar-refractivity contribution is -0.122. The number of hydrogen-bond acceptors (Lipinski definition) is 2. The van der Waals surface area contributed by atoms with Crippen molar-refractivity contribution >= 4 is 5.91 Å². The second kappa shape index (κ2) is 6.40. The molecule has 0 aliphatic heterocycles. The number of rotatable bonds is 5. The Morgan fingerprint density at radius 1 is 1.40 bits per heavy atom. The second-order valence-electron chi connectivity index (χ2n) is 6.56. The zero-order valence-electron chi connectivity index (χ0n) is 12.6. The molecule has 2 unspecified atom stereocenters. The maximum Gasteiger partial charge on any atom is 0.220 e. The monoisotopic (exact) mass is 274 g/mol. The van der Waals surface area contributed by atoms with Gasteiger partial charge in [-0.15, -0.1) is 0 Å². The summed E-state index contributed by atoms with van der Waals surface area (Å²) in [5.74, 6) is 0.136. The van der Waals surface area contributed by atoms with Crippen LogP contribution in [0.25, 0.3) is 0 Å². The summed E-state index contributed by atoms with van der Waals surface area (Å²) in [5, 5.41) is 3.18. The van der Waals surface area contributed by atoms with Crippen LogP contribution >= 0.6 is 0 Å². The zero-order valence-corrected chi connectivity index (χ0v) is 12.6. The van der Waals surface area contributed by atoms with Crippen LogP contribution in [0.4, 0.5) is 0 Å². The first-order valence-corrected chi connectivity index (χ1v) is 7.59. The SMILES string of the molecule is CC1(C)CCCC1NC(=O)CCC(N)c1ccccc1. The first-order chi connectivity index (χ1) is 9.49. The number of amides is 1. The fraction of sp³-hybridized carbons (Fsp3) is 0.588. The van der Waals surface area contributed by atoms with Crippen LogP contribution in [0.15, 0.2) is 30.3 Å². The molecule has 1 fully saturated rings. The predicted octanol–water partition coefficient (Wildman–Crippen LogP) is 3.16. The third-order valence-corrected chi connectivity index (χ3v) is 4.50. The summed E-state index contributed by atoms with van der Waals surface area (Å²) in [6.45, 7) is 4.47. The topological polar surface area (TPSA) is 55.1 Å². The lowest BCUT2D eigenvalue weighted by Crippen LogP contribution is -2.41. The van der Waals surface area contributed by atoms with Crippen molar-refractivity contribution in [3.05, 3.63) is 35.9 Å². The Bertz CT molecular complexity index is 442. The molecule has 2 atom stereocenters. The van der Waals surface area contributed by atoms with Crippen LogP contribution in [0.5, 0.6) is 0 Å². The van der Waals surface area contributed by atoms with Crippen LogP contribution in [-0.2, 0) is 4.79 Å². The van der Waals surface area contributed by atoms with Crippen molar-refractivity contribution in [2.45, 2.75) is 58.0 Å². The minimum Gasteiger partial charge on any atom is -0.353 e. The van der Waals surface area contributed by atoms with Crippen molar-refractivity contribution in [1.29, 1.82) is 0 Å². The molecule has 3 heteroatoms. The molecule has 0 bridgehead atoms. The quantitative estimate of drug-likeness (QED) is 0.866. The highest BCUT2D eigenvalue weighted by molar-refractivity contribution is 5.76. The van der Waals surface area contributed by atoms with Gasteiger partial charge in [0, 0.05) is 18.5 Å². The molecule has 2 rings (SSSR count). The Balaban J connectivity index is 1.78. The van der Waals surface area contributed by atoms with Gasteiger partial charge in [0.15, 0.2) is 0 Å². The normalized spacial score (nSPS) is 22.4. The highest BCUT2D eigenvalue weighted by Gasteiger charge is 2.35. The van der Waals surface area contributed by atoms with Gasteiger partial charge in [0.1, 0.15) is 0 Å². The molecule has 1 aliphatic carbocycles. The molecule has 0 radical (unpaired) electrons. The van der Waals surface area contributed by atoms with Crippen molar-refractivity contribution in [2.75, 3.05) is 0 Å². The van der Waals surface area contributed by atoms with Crippen molar-refractivity contribution in [2.24, 2.45) is 11.1 Å². The van der Waals surface area contributed by atoms with Gasteiger partial charge in [-0.05, 0) is 30.2 Å². The maximum atomic E-state index is 12.1. The van der Waals surface area contributed by atoms with E-state index >= 15 is 0 Å². The molecule has 1 amide bonds. The molecule has 20 heavy (non-hydrogen) atoms. The average molecular weight is 274 g/mol. The first kappa shape index (κ1) is 15.0. The van der Waals surface area contributed by atoms with E-state index in [9.17, 15) is 4.79 Å². The van der Waals surface area contributed by atoms with Gasteiger partial charge < -0.3 is 11.1 Å². The molecule has 1 aromatic carbocycles. The molecule has 0 spiro atoms. The van der Waals surface area contributed by atoms with E-state index in [1.807, 2.05) is 30.3 Å². The molecule has 0 aromatic heterocycles. The average Bonchev–Trinajstić information content (AvgIpc) is 2.76. The van der Waals surface area contributed by atoms with E-state index in [2.05, 4.69) is 19.2 Å². The lowest BCUT2D eigenvalue weighted by Gasteiger charge is -2.28. The molecule has 3 N–H and O–H groups in total. The number of carbonyl (C=O) groups excluding carboxylic acids is 1. The zero-order chi connectivity index (χ0) is 14.6. The van der Waals surface area contributed by atoms with E-state index in [4.69, 9.17) is 5.73 Å². The molecule has 1 aliphatic rings. The smallest absolute Gasteiger partial charge is 0.220 e. The summed E-state index contributed by atoms with van der Waals surface area (Å²) in [6.07, 6.45) is 4.71. The first-order valence-electron chi connectivity index (χ1n) is 7.59. The van der Waals surface area contributed by atoms with E-state index in [-0.39, 0.29) is 17.4 Å². The van der Waals surface area contributed by atoms with Gasteiger partial charge in [-0.3, -0.25) is 4.79 Å². The molecule has 3 nitrogen and oxygen atoms in total. The third kappa shape index (κ3) is 3.83. The van der Waals surface area contributed by atoms with E-state index < -0.39 is 0 Å². The minimum absolute atomic E-state index is 0.0569. The van der Waals surface area contributed by atoms with Crippen LogP contribution in [0.3, 0.4) is 0 Å². The molecule has 0 saturated heterocycles. The Morgan fingerprint density at radius 2 is 2.10 bits per heavy atom. The van der Waals surface area contributed by atoms with Gasteiger partial charge in [0.2, 0.25) is 5.91 Å². The number of benzene rings is 1. The summed E-state index contributed by atoms with van der Waals surface area (Å²) < 4.78 is 0. The van der Waals surface area contributed by atoms with E-state index in [0.29, 0.717) is 18.9 Å². The van der Waals surface area contributed by atoms with Crippen LogP contribution in [0.1, 0.15) is 57.6 Å². The Kier molecular flexibility index (Phi) is 4.81. The molecule has 1 aromatic rings. The fourth-order valence-electron chi connectivity index (χ4n) is 3.01. The van der Waals surface area contributed by atoms with Crippen LogP contribution in [-0.4, -0.2) is 11.9 Å². The van der Waals surface area contributed by atoms with E-state index in [0.717, 1.165) is 12.0 Å². The second-order valence-corrected chi connectivity index (χ2v) is 6.56. The van der Waals surface area contributed by atoms with Crippen molar-refractivity contribution in [3.63, 3.8) is 0 Å². The summed E-state index contributed by atoms with van der Waals surface area (Å²) in [5.41, 5.74) is 7.46. The van der Waals surface area contributed by atoms with Gasteiger partial charge in [0.05, 0.1) is 0 Å². The summed E-state index contributed by atoms with van der Waals surface area (Å²) in [4.78, 5) is 12.1. The number of hydrogen-bond donors (Lipinski definition) is 2. The Labute approximate surface area is 121 Å². The molecule has 110 valence electrons. The largest absolute Gasteiger partial charge is 0.353 e. The molecular formula is C17H26N2O. The van der Waals surface area contributed by atoms with Crippen LogP contribution < -0.4 is 11.1 Å². The van der Waals surface area contributed by atoms with Gasteiger partial charge >= 0.3 is 0 Å². The molecule has 0 heterocycles. The van der Waals surface area contributed by atoms with Crippen LogP contribution in [0, 0.1) is 5.41 Å². The van der Waals surface area contributed by atoms with E-state index in [1.165, 1.54) is 12.8 Å². The van der Waals surface area contributed by atoms with Crippen molar-refractivity contribution in [1.82, 2.24) is 5.32 Å². The standard InChI is InChI=1S/C17H26N2O/c1-17(2)12-6-9-15(17)19-16(20)11-10-14(18)13-7-4-3-5-8-13/h3-5,7-8,14-15H,6,9-12,18H2,1-2H3,(H,19,20). The summed E-state index contributed by atoms with van der Waals surface area (Å²) in [7, 11) is 0. The predicted molar refractivity (Wildman–Crippen MR) is 82.2 cm³/mol. The number of carbonyl (C=O) groups is 1. The van der Waals surface area contributed by atoms with Gasteiger partial charge in [-0.25, -0.2) is 0 Å². The fourth-order valence-corrected chi connectivity index (χ4v) is 3.01. The summed E-state index contributed by atoms with van der Waals surface area (Å²) in [6, 6.07) is 10.2. The van der Waals surface area contributed by atoms with Gasteiger partial charge in [0.25, 0.3) is 0 Å². The van der Waals surface area contributed by atoms with Crippen molar-refractivity contribution in [3.8, 4) is 0 Å². The highest BCUT2D eigenvalue weighted by atomic mass is 16.1. The third-order valence-electron chi connectivity index (χ3n) is 4.50. The van der Waals surface area contributed by atoms with Crippen LogP contribution in [0.2, 0.25) is 0 Å². The Morgan fingerprint density at radius 3 is 2.70 bits per heavy atom. The van der Waals surface area contributed by atoms with Gasteiger partial charge in [-0.2, -0.15) is 0 Å². The number of nitrogens with two attached hydrogens (primary N) is 1. The van der Waals surface area contributed by atoms with E-state index in [1.54, 1.807) is 0 Å². The maximum absolute atomic E-state index is 12.1. The Hall–Kier alpha value is -1.35. The lowest BCUT2D eigenvalue weighted by atomic mass is 9.87. The molecule has 1 saturated carbocycles. The van der Waals surface area contributed by atoms with Crippen molar-refractivity contribution < 1.29 is 4.79 Å². The highest BCUT2D eigenvalue weighted by Crippen LogP contribution is 2.37. The molecular weight excluding hydrogens is 248 g/mol. The number of nitrogens with one attached hydrogen (secondary N) is 1. The van der Waals surface area contributed by atoms with Gasteiger partial charge in [-0.1, -0.05) is 50.6 Å². The minimum atomic E-state index is -0.0569. The summed E-state index contributed by atoms with van der Waals surface area (Å²) >= 11 is 0.